The van der Waals surface area contributed by atoms with Gasteiger partial charge in [0.05, 0.1) is 0 Å². The standard InChI is InChI=1S/C8H16N4O6/c9-7(10)12-1-2(13)4(15)5(16)6(3(1)14)18-8(11)17/h1-6,13-16H,(H2,11,17)(H4,9,10,12)/t1-,2-,3+,4+,5-,6-/m1/s1. The van der Waals surface area contributed by atoms with E-state index in [-0.39, 0.29) is 0 Å². The Kier molecular flexibility index (Phi) is 4.29. The van der Waals surface area contributed by atoms with E-state index >= 15 is 0 Å². The van der Waals surface area contributed by atoms with Crippen LogP contribution in [0.15, 0.2) is 4.99 Å². The third kappa shape index (κ3) is 2.79. The van der Waals surface area contributed by atoms with Crippen LogP contribution in [-0.4, -0.2) is 69.0 Å². The third-order valence-electron chi connectivity index (χ3n) is 2.62. The van der Waals surface area contributed by atoms with Crippen molar-refractivity contribution in [2.75, 3.05) is 0 Å². The summed E-state index contributed by atoms with van der Waals surface area (Å²) in [7, 11) is 0. The van der Waals surface area contributed by atoms with Gasteiger partial charge in [0, 0.05) is 0 Å². The van der Waals surface area contributed by atoms with E-state index < -0.39 is 48.6 Å². The smallest absolute Gasteiger partial charge is 0.404 e. The number of guanidine groups is 1. The van der Waals surface area contributed by atoms with Crippen LogP contribution in [-0.2, 0) is 4.74 Å². The summed E-state index contributed by atoms with van der Waals surface area (Å²) in [6.45, 7) is 0. The Balaban J connectivity index is 2.99. The van der Waals surface area contributed by atoms with E-state index in [0.717, 1.165) is 0 Å². The number of carbonyl (C=O) groups is 1. The molecule has 10 heteroatoms. The number of aliphatic hydroxyl groups excluding tert-OH is 4. The van der Waals surface area contributed by atoms with Crippen molar-refractivity contribution >= 4 is 12.1 Å². The van der Waals surface area contributed by atoms with Crippen molar-refractivity contribution in [2.24, 2.45) is 22.2 Å². The van der Waals surface area contributed by atoms with Gasteiger partial charge in [-0.05, 0) is 0 Å². The number of hydrogen-bond donors (Lipinski definition) is 7. The summed E-state index contributed by atoms with van der Waals surface area (Å²) < 4.78 is 4.46. The van der Waals surface area contributed by atoms with Crippen LogP contribution in [0.3, 0.4) is 0 Å². The molecule has 10 N–H and O–H groups in total. The number of aliphatic imine (C=N–C) groups is 1. The van der Waals surface area contributed by atoms with Gasteiger partial charge in [0.25, 0.3) is 0 Å². The highest BCUT2D eigenvalue weighted by Gasteiger charge is 2.50. The summed E-state index contributed by atoms with van der Waals surface area (Å²) in [5, 5.41) is 38.5. The predicted molar refractivity (Wildman–Crippen MR) is 58.1 cm³/mol. The number of primary amides is 1. The second-order valence-corrected chi connectivity index (χ2v) is 3.91. The van der Waals surface area contributed by atoms with Crippen LogP contribution < -0.4 is 17.2 Å². The first-order valence-electron chi connectivity index (χ1n) is 5.02. The Labute approximate surface area is 102 Å². The van der Waals surface area contributed by atoms with E-state index in [1.54, 1.807) is 0 Å². The molecule has 0 unspecified atom stereocenters. The molecule has 104 valence electrons. The first-order chi connectivity index (χ1) is 8.25. The summed E-state index contributed by atoms with van der Waals surface area (Å²) in [6.07, 6.45) is -9.46. The molecule has 0 radical (unpaired) electrons. The monoisotopic (exact) mass is 264 g/mol. The van der Waals surface area contributed by atoms with E-state index in [1.807, 2.05) is 0 Å². The molecule has 1 amide bonds. The minimum absolute atomic E-state index is 0.445. The van der Waals surface area contributed by atoms with Gasteiger partial charge in [-0.15, -0.1) is 0 Å². The van der Waals surface area contributed by atoms with Crippen LogP contribution in [0.1, 0.15) is 0 Å². The lowest BCUT2D eigenvalue weighted by molar-refractivity contribution is -0.183. The Bertz CT molecular complexity index is 346. The van der Waals surface area contributed by atoms with Gasteiger partial charge >= 0.3 is 6.09 Å². The molecule has 0 aromatic rings. The number of nitrogens with two attached hydrogens (primary N) is 3. The molecule has 0 heterocycles. The fraction of sp³-hybridized carbons (Fsp3) is 0.750. The predicted octanol–water partition coefficient (Wildman–Crippen LogP) is -4.45. The molecule has 0 aromatic heterocycles. The molecule has 0 aliphatic heterocycles. The Hall–Kier alpha value is -1.62. The van der Waals surface area contributed by atoms with Crippen molar-refractivity contribution in [1.29, 1.82) is 0 Å². The first-order valence-corrected chi connectivity index (χ1v) is 5.02. The largest absolute Gasteiger partial charge is 0.441 e. The van der Waals surface area contributed by atoms with Gasteiger partial charge in [-0.25, -0.2) is 9.79 Å². The summed E-state index contributed by atoms with van der Waals surface area (Å²) in [6, 6.07) is -1.35. The van der Waals surface area contributed by atoms with Crippen LogP contribution >= 0.6 is 0 Å². The first kappa shape index (κ1) is 14.4. The van der Waals surface area contributed by atoms with Crippen molar-refractivity contribution in [3.05, 3.63) is 0 Å². The fourth-order valence-corrected chi connectivity index (χ4v) is 1.80. The van der Waals surface area contributed by atoms with Gasteiger partial charge < -0.3 is 42.4 Å². The molecule has 1 fully saturated rings. The number of nitrogens with zero attached hydrogens (tertiary/aromatic N) is 1. The number of rotatable bonds is 2. The SMILES string of the molecule is NC(=O)O[C@H]1[C@H](O)[C@@H](O)[C@H](O)[C@@H](N=C(N)N)[C@@H]1O. The summed E-state index contributed by atoms with van der Waals surface area (Å²) in [5.74, 6) is -0.445. The zero-order valence-corrected chi connectivity index (χ0v) is 9.25. The highest BCUT2D eigenvalue weighted by molar-refractivity contribution is 5.76. The molecule has 6 atom stereocenters. The highest BCUT2D eigenvalue weighted by Crippen LogP contribution is 2.25. The highest BCUT2D eigenvalue weighted by atomic mass is 16.6. The molecular weight excluding hydrogens is 248 g/mol. The lowest BCUT2D eigenvalue weighted by Crippen LogP contribution is -2.64. The molecular formula is C8H16N4O6. The number of aliphatic hydroxyl groups is 4. The van der Waals surface area contributed by atoms with E-state index in [2.05, 4.69) is 9.73 Å². The summed E-state index contributed by atoms with van der Waals surface area (Å²) >= 11 is 0. The molecule has 0 saturated heterocycles. The minimum atomic E-state index is -1.71. The van der Waals surface area contributed by atoms with Crippen molar-refractivity contribution in [1.82, 2.24) is 0 Å². The zero-order valence-electron chi connectivity index (χ0n) is 9.25. The number of carbonyl (C=O) groups excluding carboxylic acids is 1. The van der Waals surface area contributed by atoms with Gasteiger partial charge in [0.2, 0.25) is 0 Å². The third-order valence-corrected chi connectivity index (χ3v) is 2.62. The van der Waals surface area contributed by atoms with E-state index in [9.17, 15) is 25.2 Å². The topological polar surface area (TPSA) is 198 Å². The van der Waals surface area contributed by atoms with Crippen LogP contribution in [0.5, 0.6) is 0 Å². The maximum Gasteiger partial charge on any atom is 0.404 e. The molecule has 1 saturated carbocycles. The van der Waals surface area contributed by atoms with E-state index in [0.29, 0.717) is 0 Å². The Morgan fingerprint density at radius 3 is 1.94 bits per heavy atom. The average Bonchev–Trinajstić information content (AvgIpc) is 2.27. The van der Waals surface area contributed by atoms with Gasteiger partial charge in [0.15, 0.2) is 12.1 Å². The van der Waals surface area contributed by atoms with Gasteiger partial charge in [-0.2, -0.15) is 0 Å². The van der Waals surface area contributed by atoms with E-state index in [4.69, 9.17) is 17.2 Å². The number of amides is 1. The fourth-order valence-electron chi connectivity index (χ4n) is 1.80. The molecule has 10 nitrogen and oxygen atoms in total. The van der Waals surface area contributed by atoms with Crippen LogP contribution in [0.2, 0.25) is 0 Å². The van der Waals surface area contributed by atoms with Crippen molar-refractivity contribution in [3.63, 3.8) is 0 Å². The Morgan fingerprint density at radius 1 is 0.944 bits per heavy atom. The minimum Gasteiger partial charge on any atom is -0.441 e. The Morgan fingerprint density at radius 2 is 1.50 bits per heavy atom. The summed E-state index contributed by atoms with van der Waals surface area (Å²) in [5.41, 5.74) is 15.0. The molecule has 1 rings (SSSR count). The second kappa shape index (κ2) is 5.35. The second-order valence-electron chi connectivity index (χ2n) is 3.91. The lowest BCUT2D eigenvalue weighted by atomic mass is 9.83. The van der Waals surface area contributed by atoms with Gasteiger partial charge in [-0.1, -0.05) is 0 Å². The molecule has 0 aromatic carbocycles. The van der Waals surface area contributed by atoms with Crippen molar-refractivity contribution < 1.29 is 30.0 Å². The average molecular weight is 264 g/mol. The quantitative estimate of drug-likeness (QED) is 0.191. The zero-order chi connectivity index (χ0) is 14.0. The number of hydrogen-bond acceptors (Lipinski definition) is 7. The van der Waals surface area contributed by atoms with E-state index in [1.165, 1.54) is 0 Å². The van der Waals surface area contributed by atoms with Crippen LogP contribution in [0.4, 0.5) is 4.79 Å². The van der Waals surface area contributed by atoms with Gasteiger partial charge in [0.1, 0.15) is 30.5 Å². The van der Waals surface area contributed by atoms with Crippen LogP contribution in [0.25, 0.3) is 0 Å². The lowest BCUT2D eigenvalue weighted by Gasteiger charge is -2.41. The number of ether oxygens (including phenoxy) is 1. The molecule has 0 spiro atoms. The van der Waals surface area contributed by atoms with Crippen molar-refractivity contribution in [2.45, 2.75) is 36.6 Å². The maximum atomic E-state index is 10.6. The van der Waals surface area contributed by atoms with Gasteiger partial charge in [-0.3, -0.25) is 0 Å². The van der Waals surface area contributed by atoms with Crippen molar-refractivity contribution in [3.8, 4) is 0 Å². The molecule has 1 aliphatic rings. The summed E-state index contributed by atoms with van der Waals surface area (Å²) in [4.78, 5) is 14.1. The molecule has 1 aliphatic carbocycles. The van der Waals surface area contributed by atoms with Crippen LogP contribution in [0, 0.1) is 0 Å². The molecule has 18 heavy (non-hydrogen) atoms. The molecule has 0 bridgehead atoms. The normalized spacial score (nSPS) is 40.0. The maximum absolute atomic E-state index is 10.6.